The smallest absolute Gasteiger partial charge is 0.416 e. The van der Waals surface area contributed by atoms with Crippen LogP contribution in [0.15, 0.2) is 53.9 Å². The molecule has 9 heteroatoms. The molecule has 0 saturated heterocycles. The molecule has 0 bridgehead atoms. The standard InChI is InChI=1S/C20H15F4NO3S/c21-15-5-7-17(8-6-15)27-11-18-25-16(12-29-18)10-28-19(26)9-13-1-3-14(4-2-13)20(22,23)24/h1-8,12H,9-11H2. The van der Waals surface area contributed by atoms with Crippen LogP contribution in [0.1, 0.15) is 21.8 Å². The van der Waals surface area contributed by atoms with E-state index in [4.69, 9.17) is 9.47 Å². The van der Waals surface area contributed by atoms with Gasteiger partial charge in [0.1, 0.15) is 29.8 Å². The van der Waals surface area contributed by atoms with Gasteiger partial charge in [-0.3, -0.25) is 4.79 Å². The predicted octanol–water partition coefficient (Wildman–Crippen LogP) is 5.17. The number of nitrogens with zero attached hydrogens (tertiary/aromatic N) is 1. The van der Waals surface area contributed by atoms with Gasteiger partial charge in [0.2, 0.25) is 0 Å². The number of hydrogen-bond donors (Lipinski definition) is 0. The molecule has 2 aromatic carbocycles. The van der Waals surface area contributed by atoms with Crippen LogP contribution in [0.25, 0.3) is 0 Å². The van der Waals surface area contributed by atoms with Crippen molar-refractivity contribution >= 4 is 17.3 Å². The maximum absolute atomic E-state index is 12.9. The van der Waals surface area contributed by atoms with Crippen LogP contribution in [0, 0.1) is 5.82 Å². The second kappa shape index (κ2) is 9.04. The molecule has 4 nitrogen and oxygen atoms in total. The summed E-state index contributed by atoms with van der Waals surface area (Å²) in [6.07, 6.45) is -4.55. The highest BCUT2D eigenvalue weighted by Gasteiger charge is 2.30. The fourth-order valence-corrected chi connectivity index (χ4v) is 3.03. The van der Waals surface area contributed by atoms with E-state index in [0.717, 1.165) is 12.1 Å². The molecule has 0 N–H and O–H groups in total. The third-order valence-electron chi connectivity index (χ3n) is 3.79. The molecule has 0 unspecified atom stereocenters. The summed E-state index contributed by atoms with van der Waals surface area (Å²) in [5.41, 5.74) is 0.190. The Kier molecular flexibility index (Phi) is 6.48. The number of carbonyl (C=O) groups excluding carboxylic acids is 1. The van der Waals surface area contributed by atoms with Gasteiger partial charge in [-0.05, 0) is 42.0 Å². The summed E-state index contributed by atoms with van der Waals surface area (Å²) in [6.45, 7) is 0.141. The van der Waals surface area contributed by atoms with Gasteiger partial charge in [-0.1, -0.05) is 12.1 Å². The molecule has 152 valence electrons. The largest absolute Gasteiger partial charge is 0.486 e. The number of esters is 1. The van der Waals surface area contributed by atoms with Crippen LogP contribution < -0.4 is 4.74 Å². The highest BCUT2D eigenvalue weighted by molar-refractivity contribution is 7.09. The zero-order valence-corrected chi connectivity index (χ0v) is 15.7. The Hall–Kier alpha value is -2.94. The molecule has 0 radical (unpaired) electrons. The van der Waals surface area contributed by atoms with Gasteiger partial charge < -0.3 is 9.47 Å². The molecule has 0 fully saturated rings. The fraction of sp³-hybridized carbons (Fsp3) is 0.200. The van der Waals surface area contributed by atoms with Crippen molar-refractivity contribution in [3.8, 4) is 5.75 Å². The lowest BCUT2D eigenvalue weighted by molar-refractivity contribution is -0.144. The van der Waals surface area contributed by atoms with Crippen LogP contribution in [0.2, 0.25) is 0 Å². The molecule has 29 heavy (non-hydrogen) atoms. The first-order chi connectivity index (χ1) is 13.8. The van der Waals surface area contributed by atoms with Crippen molar-refractivity contribution in [2.24, 2.45) is 0 Å². The van der Waals surface area contributed by atoms with Crippen molar-refractivity contribution in [2.75, 3.05) is 0 Å². The van der Waals surface area contributed by atoms with Gasteiger partial charge in [0, 0.05) is 5.38 Å². The Morgan fingerprint density at radius 1 is 1.00 bits per heavy atom. The van der Waals surface area contributed by atoms with Crippen LogP contribution in [0.4, 0.5) is 17.6 Å². The molecule has 0 spiro atoms. The Morgan fingerprint density at radius 3 is 2.34 bits per heavy atom. The van der Waals surface area contributed by atoms with E-state index in [1.54, 1.807) is 5.38 Å². The minimum Gasteiger partial charge on any atom is -0.486 e. The second-order valence-electron chi connectivity index (χ2n) is 6.01. The van der Waals surface area contributed by atoms with E-state index < -0.39 is 17.7 Å². The Bertz CT molecular complexity index is 953. The second-order valence-corrected chi connectivity index (χ2v) is 6.95. The first-order valence-electron chi connectivity index (χ1n) is 8.43. The maximum atomic E-state index is 12.9. The van der Waals surface area contributed by atoms with Gasteiger partial charge in [-0.2, -0.15) is 13.2 Å². The van der Waals surface area contributed by atoms with Crippen LogP contribution in [-0.2, 0) is 35.3 Å². The highest BCUT2D eigenvalue weighted by atomic mass is 32.1. The molecule has 0 aliphatic rings. The number of halogens is 4. The van der Waals surface area contributed by atoms with Crippen molar-refractivity contribution in [2.45, 2.75) is 25.8 Å². The maximum Gasteiger partial charge on any atom is 0.416 e. The molecule has 3 rings (SSSR count). The lowest BCUT2D eigenvalue weighted by Crippen LogP contribution is -2.09. The SMILES string of the molecule is O=C(Cc1ccc(C(F)(F)F)cc1)OCc1csc(COc2ccc(F)cc2)n1. The molecule has 0 aliphatic carbocycles. The van der Waals surface area contributed by atoms with Gasteiger partial charge in [-0.25, -0.2) is 9.37 Å². The fourth-order valence-electron chi connectivity index (χ4n) is 2.34. The summed E-state index contributed by atoms with van der Waals surface area (Å²) in [5.74, 6) is -0.417. The van der Waals surface area contributed by atoms with Gasteiger partial charge in [0.15, 0.2) is 0 Å². The van der Waals surface area contributed by atoms with Crippen LogP contribution >= 0.6 is 11.3 Å². The first kappa shape index (κ1) is 20.8. The summed E-state index contributed by atoms with van der Waals surface area (Å²) in [6, 6.07) is 9.94. The topological polar surface area (TPSA) is 48.4 Å². The molecule has 0 amide bonds. The average Bonchev–Trinajstić information content (AvgIpc) is 3.14. The number of ether oxygens (including phenoxy) is 2. The summed E-state index contributed by atoms with van der Waals surface area (Å²) in [4.78, 5) is 16.2. The average molecular weight is 425 g/mol. The minimum absolute atomic E-state index is 0.0491. The van der Waals surface area contributed by atoms with Crippen molar-refractivity contribution in [3.63, 3.8) is 0 Å². The Labute approximate surface area is 167 Å². The summed E-state index contributed by atoms with van der Waals surface area (Å²) >= 11 is 1.32. The Balaban J connectivity index is 1.45. The molecule has 1 heterocycles. The van der Waals surface area contributed by atoms with Gasteiger partial charge in [0.05, 0.1) is 17.7 Å². The van der Waals surface area contributed by atoms with Crippen LogP contribution in [-0.4, -0.2) is 11.0 Å². The molecule has 0 aliphatic heterocycles. The van der Waals surface area contributed by atoms with Gasteiger partial charge in [-0.15, -0.1) is 11.3 Å². The summed E-state index contributed by atoms with van der Waals surface area (Å²) in [5, 5.41) is 2.37. The molecular formula is C20H15F4NO3S. The zero-order chi connectivity index (χ0) is 20.9. The van der Waals surface area contributed by atoms with Crippen LogP contribution in [0.3, 0.4) is 0 Å². The van der Waals surface area contributed by atoms with Gasteiger partial charge >= 0.3 is 12.1 Å². The van der Waals surface area contributed by atoms with Gasteiger partial charge in [0.25, 0.3) is 0 Å². The molecule has 0 saturated carbocycles. The number of carbonyl (C=O) groups is 1. The van der Waals surface area contributed by atoms with E-state index in [2.05, 4.69) is 4.98 Å². The third-order valence-corrected chi connectivity index (χ3v) is 4.66. The third kappa shape index (κ3) is 6.28. The normalized spacial score (nSPS) is 11.3. The van der Waals surface area contributed by atoms with Crippen molar-refractivity contribution in [3.05, 3.63) is 81.6 Å². The number of aromatic nitrogens is 1. The predicted molar refractivity (Wildman–Crippen MR) is 97.8 cm³/mol. The quantitative estimate of drug-likeness (QED) is 0.387. The van der Waals surface area contributed by atoms with E-state index in [9.17, 15) is 22.4 Å². The van der Waals surface area contributed by atoms with E-state index in [0.29, 0.717) is 22.0 Å². The molecule has 0 atom stereocenters. The zero-order valence-electron chi connectivity index (χ0n) is 14.9. The van der Waals surface area contributed by atoms with Crippen LogP contribution in [0.5, 0.6) is 5.75 Å². The highest BCUT2D eigenvalue weighted by Crippen LogP contribution is 2.29. The summed E-state index contributed by atoms with van der Waals surface area (Å²) < 4.78 is 61.1. The molecule has 1 aromatic heterocycles. The lowest BCUT2D eigenvalue weighted by Gasteiger charge is -2.07. The van der Waals surface area contributed by atoms with Crippen molar-refractivity contribution < 1.29 is 31.8 Å². The number of thiazole rings is 1. The van der Waals surface area contributed by atoms with Crippen molar-refractivity contribution in [1.29, 1.82) is 0 Å². The number of alkyl halides is 3. The van der Waals surface area contributed by atoms with E-state index >= 15 is 0 Å². The molecule has 3 aromatic rings. The minimum atomic E-state index is -4.41. The first-order valence-corrected chi connectivity index (χ1v) is 9.31. The number of rotatable bonds is 7. The van der Waals surface area contributed by atoms with Crippen molar-refractivity contribution in [1.82, 2.24) is 4.98 Å². The molecular weight excluding hydrogens is 410 g/mol. The lowest BCUT2D eigenvalue weighted by atomic mass is 10.1. The Morgan fingerprint density at radius 2 is 1.69 bits per heavy atom. The van der Waals surface area contributed by atoms with E-state index in [1.165, 1.54) is 47.7 Å². The number of benzene rings is 2. The summed E-state index contributed by atoms with van der Waals surface area (Å²) in [7, 11) is 0. The van der Waals surface area contributed by atoms with E-state index in [-0.39, 0.29) is 25.5 Å². The number of hydrogen-bond acceptors (Lipinski definition) is 5. The monoisotopic (exact) mass is 425 g/mol. The van der Waals surface area contributed by atoms with E-state index in [1.807, 2.05) is 0 Å².